The van der Waals surface area contributed by atoms with Crippen molar-refractivity contribution in [2.45, 2.75) is 38.3 Å². The maximum atomic E-state index is 13.3. The van der Waals surface area contributed by atoms with Crippen molar-refractivity contribution >= 4 is 28.4 Å². The fourth-order valence-electron chi connectivity index (χ4n) is 4.80. The molecule has 0 unspecified atom stereocenters. The first-order valence-corrected chi connectivity index (χ1v) is 12.5. The Bertz CT molecular complexity index is 1410. The van der Waals surface area contributed by atoms with Gasteiger partial charge in [-0.3, -0.25) is 9.59 Å². The van der Waals surface area contributed by atoms with E-state index in [1.54, 1.807) is 12.1 Å². The molecule has 0 spiro atoms. The highest BCUT2D eigenvalue weighted by molar-refractivity contribution is 6.01. The van der Waals surface area contributed by atoms with Crippen molar-refractivity contribution in [2.75, 3.05) is 18.5 Å². The maximum absolute atomic E-state index is 13.3. The Labute approximate surface area is 215 Å². The first-order valence-electron chi connectivity index (χ1n) is 12.5. The van der Waals surface area contributed by atoms with Gasteiger partial charge in [0.25, 0.3) is 5.91 Å². The normalized spacial score (nSPS) is 17.1. The summed E-state index contributed by atoms with van der Waals surface area (Å²) in [4.78, 5) is 25.9. The van der Waals surface area contributed by atoms with Crippen molar-refractivity contribution in [1.82, 2.24) is 9.88 Å². The lowest BCUT2D eigenvalue weighted by atomic mass is 10.0. The molecule has 6 nitrogen and oxygen atoms in total. The molecule has 0 radical (unpaired) electrons. The quantitative estimate of drug-likeness (QED) is 0.345. The first kappa shape index (κ1) is 24.7. The molecule has 7 heteroatoms. The van der Waals surface area contributed by atoms with Crippen molar-refractivity contribution < 1.29 is 18.7 Å². The third kappa shape index (κ3) is 5.89. The highest BCUT2D eigenvalue weighted by Gasteiger charge is 2.30. The lowest BCUT2D eigenvalue weighted by Crippen LogP contribution is -2.40. The van der Waals surface area contributed by atoms with E-state index in [4.69, 9.17) is 4.74 Å². The van der Waals surface area contributed by atoms with Crippen LogP contribution in [0.1, 0.15) is 41.4 Å². The number of aromatic nitrogens is 1. The molecule has 190 valence electrons. The van der Waals surface area contributed by atoms with Crippen LogP contribution in [-0.2, 0) is 22.5 Å². The number of hydrogen-bond donors (Lipinski definition) is 2. The summed E-state index contributed by atoms with van der Waals surface area (Å²) in [6.45, 7) is 3.73. The van der Waals surface area contributed by atoms with Crippen molar-refractivity contribution in [3.05, 3.63) is 102 Å². The minimum atomic E-state index is -0.339. The Hall–Kier alpha value is -3.97. The number of anilines is 1. The van der Waals surface area contributed by atoms with Crippen LogP contribution in [0.25, 0.3) is 10.9 Å². The maximum Gasteiger partial charge on any atom is 0.268 e. The van der Waals surface area contributed by atoms with Crippen LogP contribution in [-0.4, -0.2) is 35.1 Å². The Morgan fingerprint density at radius 2 is 1.78 bits per heavy atom. The van der Waals surface area contributed by atoms with Gasteiger partial charge >= 0.3 is 0 Å². The average molecular weight is 500 g/mol. The molecule has 1 aromatic heterocycles. The van der Waals surface area contributed by atoms with Crippen LogP contribution in [0.2, 0.25) is 0 Å². The van der Waals surface area contributed by atoms with Crippen LogP contribution in [0.4, 0.5) is 10.1 Å². The Morgan fingerprint density at radius 3 is 2.51 bits per heavy atom. The van der Waals surface area contributed by atoms with Crippen LogP contribution in [0.15, 0.2) is 78.9 Å². The molecule has 1 saturated heterocycles. The summed E-state index contributed by atoms with van der Waals surface area (Å²) < 4.78 is 21.0. The minimum Gasteiger partial charge on any atom is -0.373 e. The smallest absolute Gasteiger partial charge is 0.268 e. The number of benzene rings is 3. The molecule has 37 heavy (non-hydrogen) atoms. The summed E-state index contributed by atoms with van der Waals surface area (Å²) in [6, 6.07) is 23.4. The molecular formula is C30H30FN3O3. The SMILES string of the molecule is C[C@]1(CNC(=O)c2cc3cc(NC(=O)Cc4ccc(F)cc4)ccc3n2Cc2ccccc2)CCCO1. The highest BCUT2D eigenvalue weighted by atomic mass is 19.1. The van der Waals surface area contributed by atoms with Crippen LogP contribution < -0.4 is 10.6 Å². The van der Waals surface area contributed by atoms with E-state index in [0.717, 1.165) is 41.5 Å². The van der Waals surface area contributed by atoms with Gasteiger partial charge < -0.3 is 19.9 Å². The molecule has 0 bridgehead atoms. The molecule has 1 aliphatic heterocycles. The predicted molar refractivity (Wildman–Crippen MR) is 142 cm³/mol. The number of ether oxygens (including phenoxy) is 1. The van der Waals surface area contributed by atoms with E-state index >= 15 is 0 Å². The van der Waals surface area contributed by atoms with E-state index in [1.807, 2.05) is 66.1 Å². The molecule has 1 atom stereocenters. The van der Waals surface area contributed by atoms with Crippen molar-refractivity contribution in [3.8, 4) is 0 Å². The molecule has 1 aliphatic rings. The van der Waals surface area contributed by atoms with Crippen molar-refractivity contribution in [1.29, 1.82) is 0 Å². The number of amides is 2. The fourth-order valence-corrected chi connectivity index (χ4v) is 4.80. The number of hydrogen-bond acceptors (Lipinski definition) is 3. The number of fused-ring (bicyclic) bond motifs is 1. The van der Waals surface area contributed by atoms with Crippen LogP contribution in [0, 0.1) is 5.82 Å². The fraction of sp³-hybridized carbons (Fsp3) is 0.267. The van der Waals surface area contributed by atoms with Gasteiger partial charge in [0.2, 0.25) is 5.91 Å². The largest absolute Gasteiger partial charge is 0.373 e. The van der Waals surface area contributed by atoms with E-state index in [2.05, 4.69) is 10.6 Å². The van der Waals surface area contributed by atoms with Gasteiger partial charge in [-0.05, 0) is 67.3 Å². The van der Waals surface area contributed by atoms with E-state index in [-0.39, 0.29) is 29.7 Å². The topological polar surface area (TPSA) is 72.4 Å². The molecule has 4 aromatic rings. The Morgan fingerprint density at radius 1 is 1.00 bits per heavy atom. The number of carbonyl (C=O) groups excluding carboxylic acids is 2. The summed E-state index contributed by atoms with van der Waals surface area (Å²) in [5.41, 5.74) is 3.55. The number of halogens is 1. The van der Waals surface area contributed by atoms with Crippen LogP contribution in [0.5, 0.6) is 0 Å². The van der Waals surface area contributed by atoms with Gasteiger partial charge in [0.15, 0.2) is 0 Å². The average Bonchev–Trinajstić information content (AvgIpc) is 3.48. The third-order valence-corrected chi connectivity index (χ3v) is 6.80. The second kappa shape index (κ2) is 10.6. The van der Waals surface area contributed by atoms with Gasteiger partial charge in [-0.1, -0.05) is 42.5 Å². The molecule has 0 aliphatic carbocycles. The molecule has 5 rings (SSSR count). The number of nitrogens with zero attached hydrogens (tertiary/aromatic N) is 1. The zero-order valence-electron chi connectivity index (χ0n) is 20.8. The van der Waals surface area contributed by atoms with E-state index in [0.29, 0.717) is 24.5 Å². The van der Waals surface area contributed by atoms with E-state index in [9.17, 15) is 14.0 Å². The molecule has 0 saturated carbocycles. The van der Waals surface area contributed by atoms with E-state index < -0.39 is 0 Å². The Kier molecular flexibility index (Phi) is 7.06. The second-order valence-corrected chi connectivity index (χ2v) is 9.81. The molecule has 2 N–H and O–H groups in total. The number of rotatable bonds is 8. The van der Waals surface area contributed by atoms with Gasteiger partial charge in [-0.25, -0.2) is 4.39 Å². The standard InChI is InChI=1S/C30H30FN3O3/c1-30(14-5-15-37-30)20-32-29(36)27-18-23-17-25(33-28(35)16-21-8-10-24(31)11-9-21)12-13-26(23)34(27)19-22-6-3-2-4-7-22/h2-4,6-13,17-18H,5,14-16,19-20H2,1H3,(H,32,36)(H,33,35)/t30-/m1/s1. The summed E-state index contributed by atoms with van der Waals surface area (Å²) in [5, 5.41) is 6.83. The summed E-state index contributed by atoms with van der Waals surface area (Å²) in [7, 11) is 0. The van der Waals surface area contributed by atoms with Crippen molar-refractivity contribution in [3.63, 3.8) is 0 Å². The van der Waals surface area contributed by atoms with Gasteiger partial charge in [0, 0.05) is 36.3 Å². The third-order valence-electron chi connectivity index (χ3n) is 6.80. The molecule has 2 heterocycles. The van der Waals surface area contributed by atoms with Gasteiger partial charge in [0.05, 0.1) is 12.0 Å². The summed E-state index contributed by atoms with van der Waals surface area (Å²) in [5.74, 6) is -0.692. The number of carbonyl (C=O) groups is 2. The van der Waals surface area contributed by atoms with Gasteiger partial charge in [0.1, 0.15) is 11.5 Å². The molecule has 2 amide bonds. The van der Waals surface area contributed by atoms with Gasteiger partial charge in [-0.2, -0.15) is 0 Å². The molecule has 1 fully saturated rings. The zero-order chi connectivity index (χ0) is 25.8. The first-order chi connectivity index (χ1) is 17.9. The van der Waals surface area contributed by atoms with Crippen molar-refractivity contribution in [2.24, 2.45) is 0 Å². The van der Waals surface area contributed by atoms with Crippen LogP contribution >= 0.6 is 0 Å². The second-order valence-electron chi connectivity index (χ2n) is 9.81. The predicted octanol–water partition coefficient (Wildman–Crippen LogP) is 5.31. The highest BCUT2D eigenvalue weighted by Crippen LogP contribution is 2.27. The van der Waals surface area contributed by atoms with E-state index in [1.165, 1.54) is 12.1 Å². The summed E-state index contributed by atoms with van der Waals surface area (Å²) in [6.07, 6.45) is 2.05. The molecule has 3 aromatic carbocycles. The monoisotopic (exact) mass is 499 g/mol. The van der Waals surface area contributed by atoms with Gasteiger partial charge in [-0.15, -0.1) is 0 Å². The number of nitrogens with one attached hydrogen (secondary N) is 2. The minimum absolute atomic E-state index is 0.141. The Balaban J connectivity index is 1.39. The zero-order valence-corrected chi connectivity index (χ0v) is 20.8. The lowest BCUT2D eigenvalue weighted by Gasteiger charge is -2.23. The lowest BCUT2D eigenvalue weighted by molar-refractivity contribution is -0.115. The van der Waals surface area contributed by atoms with Crippen LogP contribution in [0.3, 0.4) is 0 Å². The summed E-state index contributed by atoms with van der Waals surface area (Å²) >= 11 is 0. The molecular weight excluding hydrogens is 469 g/mol.